The molecule has 1 aliphatic heterocycles. The lowest BCUT2D eigenvalue weighted by Crippen LogP contribution is -2.46. The van der Waals surface area contributed by atoms with E-state index in [0.29, 0.717) is 12.1 Å². The van der Waals surface area contributed by atoms with Gasteiger partial charge in [0, 0.05) is 17.6 Å². The number of fused-ring (bicyclic) bond motifs is 1. The minimum Gasteiger partial charge on any atom is -0.467 e. The zero-order valence-corrected chi connectivity index (χ0v) is 11.4. The molecule has 3 rings (SSSR count). The van der Waals surface area contributed by atoms with Crippen LogP contribution in [-0.4, -0.2) is 22.6 Å². The molecule has 2 N–H and O–H groups in total. The van der Waals surface area contributed by atoms with Crippen LogP contribution in [0.15, 0.2) is 36.8 Å². The number of aromatic nitrogens is 2. The van der Waals surface area contributed by atoms with E-state index in [1.54, 1.807) is 6.33 Å². The summed E-state index contributed by atoms with van der Waals surface area (Å²) < 4.78 is 7.02. The molecule has 0 saturated carbocycles. The number of carbonyl (C=O) groups is 1. The molecule has 1 aromatic carbocycles. The van der Waals surface area contributed by atoms with Crippen molar-refractivity contribution in [2.45, 2.75) is 24.8 Å². The fraction of sp³-hybridized carbons (Fsp3) is 0.333. The van der Waals surface area contributed by atoms with Crippen molar-refractivity contribution in [2.75, 3.05) is 12.8 Å². The van der Waals surface area contributed by atoms with Gasteiger partial charge in [0.25, 0.3) is 0 Å². The third kappa shape index (κ3) is 1.70. The van der Waals surface area contributed by atoms with Gasteiger partial charge in [-0.05, 0) is 37.0 Å². The van der Waals surface area contributed by atoms with Gasteiger partial charge in [0.05, 0.1) is 13.4 Å². The number of nitrogen functional groups attached to an aromatic ring is 1. The Morgan fingerprint density at radius 1 is 1.40 bits per heavy atom. The van der Waals surface area contributed by atoms with Crippen LogP contribution in [0.3, 0.4) is 0 Å². The number of nitrogens with zero attached hydrogens (tertiary/aromatic N) is 2. The molecule has 0 saturated heterocycles. The first-order valence-electron chi connectivity index (χ1n) is 6.64. The van der Waals surface area contributed by atoms with E-state index in [9.17, 15) is 4.79 Å². The van der Waals surface area contributed by atoms with Gasteiger partial charge < -0.3 is 15.0 Å². The van der Waals surface area contributed by atoms with Crippen LogP contribution in [0, 0.1) is 0 Å². The maximum absolute atomic E-state index is 12.5. The predicted molar refractivity (Wildman–Crippen MR) is 75.1 cm³/mol. The molecule has 2 aromatic rings. The summed E-state index contributed by atoms with van der Waals surface area (Å²) in [5.41, 5.74) is 7.54. The van der Waals surface area contributed by atoms with Crippen molar-refractivity contribution < 1.29 is 9.53 Å². The fourth-order valence-corrected chi connectivity index (χ4v) is 3.03. The molecule has 20 heavy (non-hydrogen) atoms. The summed E-state index contributed by atoms with van der Waals surface area (Å²) in [4.78, 5) is 16.7. The van der Waals surface area contributed by atoms with E-state index >= 15 is 0 Å². The van der Waals surface area contributed by atoms with Gasteiger partial charge >= 0.3 is 5.97 Å². The van der Waals surface area contributed by atoms with E-state index in [4.69, 9.17) is 10.5 Å². The molecule has 1 unspecified atom stereocenters. The van der Waals surface area contributed by atoms with Crippen LogP contribution in [-0.2, 0) is 21.5 Å². The molecule has 0 bridgehead atoms. The first-order valence-corrected chi connectivity index (χ1v) is 6.64. The highest BCUT2D eigenvalue weighted by Gasteiger charge is 2.45. The molecule has 0 amide bonds. The number of imidazole rings is 1. The monoisotopic (exact) mass is 271 g/mol. The van der Waals surface area contributed by atoms with Crippen molar-refractivity contribution in [1.29, 1.82) is 0 Å². The number of hydrogen-bond acceptors (Lipinski definition) is 4. The first-order chi connectivity index (χ1) is 9.68. The van der Waals surface area contributed by atoms with Crippen molar-refractivity contribution in [3.05, 3.63) is 48.0 Å². The van der Waals surface area contributed by atoms with Crippen LogP contribution in [0.2, 0.25) is 0 Å². The summed E-state index contributed by atoms with van der Waals surface area (Å²) in [5, 5.41) is 0. The van der Waals surface area contributed by atoms with E-state index in [1.165, 1.54) is 7.11 Å². The molecule has 1 aliphatic rings. The number of rotatable bonds is 2. The summed E-state index contributed by atoms with van der Waals surface area (Å²) in [6.45, 7) is 0. The van der Waals surface area contributed by atoms with Crippen molar-refractivity contribution in [1.82, 2.24) is 9.55 Å². The Hall–Kier alpha value is -2.30. The Morgan fingerprint density at radius 2 is 2.15 bits per heavy atom. The van der Waals surface area contributed by atoms with Gasteiger partial charge in [0.2, 0.25) is 0 Å². The molecular formula is C15H17N3O2. The number of benzene rings is 1. The largest absolute Gasteiger partial charge is 0.467 e. The van der Waals surface area contributed by atoms with Gasteiger partial charge in [0.1, 0.15) is 0 Å². The third-order valence-electron chi connectivity index (χ3n) is 4.01. The Kier molecular flexibility index (Phi) is 2.97. The van der Waals surface area contributed by atoms with E-state index in [1.807, 2.05) is 35.0 Å². The van der Waals surface area contributed by atoms with E-state index in [0.717, 1.165) is 24.1 Å². The van der Waals surface area contributed by atoms with Gasteiger partial charge in [-0.2, -0.15) is 0 Å². The highest BCUT2D eigenvalue weighted by Crippen LogP contribution is 2.38. The van der Waals surface area contributed by atoms with Crippen LogP contribution in [0.25, 0.3) is 0 Å². The number of esters is 1. The Morgan fingerprint density at radius 3 is 2.85 bits per heavy atom. The summed E-state index contributed by atoms with van der Waals surface area (Å²) in [6, 6.07) is 7.40. The van der Waals surface area contributed by atoms with E-state index in [-0.39, 0.29) is 5.97 Å². The maximum Gasteiger partial charge on any atom is 0.336 e. The second-order valence-electron chi connectivity index (χ2n) is 5.08. The Bertz CT molecular complexity index is 633. The zero-order valence-electron chi connectivity index (χ0n) is 11.4. The van der Waals surface area contributed by atoms with Crippen molar-refractivity contribution in [3.8, 4) is 0 Å². The molecule has 1 atom stereocenters. The smallest absolute Gasteiger partial charge is 0.336 e. The summed E-state index contributed by atoms with van der Waals surface area (Å²) >= 11 is 0. The number of hydrogen-bond donors (Lipinski definition) is 1. The second-order valence-corrected chi connectivity index (χ2v) is 5.08. The number of aryl methyl sites for hydroxylation is 1. The van der Waals surface area contributed by atoms with E-state index in [2.05, 4.69) is 4.98 Å². The van der Waals surface area contributed by atoms with E-state index < -0.39 is 5.54 Å². The highest BCUT2D eigenvalue weighted by molar-refractivity contribution is 5.83. The lowest BCUT2D eigenvalue weighted by atomic mass is 9.81. The van der Waals surface area contributed by atoms with Gasteiger partial charge in [-0.3, -0.25) is 0 Å². The molecule has 0 spiro atoms. The fourth-order valence-electron chi connectivity index (χ4n) is 3.03. The third-order valence-corrected chi connectivity index (χ3v) is 4.01. The first kappa shape index (κ1) is 12.7. The highest BCUT2D eigenvalue weighted by atomic mass is 16.5. The molecular weight excluding hydrogens is 254 g/mol. The average molecular weight is 271 g/mol. The minimum absolute atomic E-state index is 0.263. The number of anilines is 1. The van der Waals surface area contributed by atoms with Crippen molar-refractivity contribution in [2.24, 2.45) is 0 Å². The van der Waals surface area contributed by atoms with Crippen LogP contribution in [0.5, 0.6) is 0 Å². The quantitative estimate of drug-likeness (QED) is 0.667. The normalized spacial score (nSPS) is 21.2. The molecule has 2 heterocycles. The Labute approximate surface area is 117 Å². The van der Waals surface area contributed by atoms with Gasteiger partial charge in [-0.15, -0.1) is 0 Å². The standard InChI is InChI=1S/C15H17N3O2/c1-20-14(19)15(11-4-6-12(16)7-5-11)8-2-3-13-9-17-10-18(13)15/h4-7,9-10H,2-3,8,16H2,1H3. The second kappa shape index (κ2) is 4.67. The SMILES string of the molecule is COC(=O)C1(c2ccc(N)cc2)CCCc2cncn21. The molecule has 5 nitrogen and oxygen atoms in total. The topological polar surface area (TPSA) is 70.1 Å². The van der Waals surface area contributed by atoms with Crippen LogP contribution < -0.4 is 5.73 Å². The molecule has 0 fully saturated rings. The molecule has 0 radical (unpaired) electrons. The van der Waals surface area contributed by atoms with Crippen molar-refractivity contribution in [3.63, 3.8) is 0 Å². The predicted octanol–water partition coefficient (Wildman–Crippen LogP) is 1.72. The van der Waals surface area contributed by atoms with Crippen LogP contribution >= 0.6 is 0 Å². The molecule has 104 valence electrons. The maximum atomic E-state index is 12.5. The minimum atomic E-state index is -0.827. The summed E-state index contributed by atoms with van der Waals surface area (Å²) in [7, 11) is 1.42. The van der Waals surface area contributed by atoms with Crippen LogP contribution in [0.1, 0.15) is 24.1 Å². The zero-order chi connectivity index (χ0) is 14.2. The van der Waals surface area contributed by atoms with Crippen molar-refractivity contribution >= 4 is 11.7 Å². The van der Waals surface area contributed by atoms with Gasteiger partial charge in [-0.1, -0.05) is 12.1 Å². The molecule has 0 aliphatic carbocycles. The summed E-state index contributed by atoms with van der Waals surface area (Å²) in [6.07, 6.45) is 6.07. The van der Waals surface area contributed by atoms with Gasteiger partial charge in [0.15, 0.2) is 5.54 Å². The number of carbonyl (C=O) groups excluding carboxylic acids is 1. The average Bonchev–Trinajstić information content (AvgIpc) is 2.96. The lowest BCUT2D eigenvalue weighted by Gasteiger charge is -2.37. The molecule has 1 aromatic heterocycles. The number of methoxy groups -OCH3 is 1. The van der Waals surface area contributed by atoms with Gasteiger partial charge in [-0.25, -0.2) is 9.78 Å². The number of nitrogens with two attached hydrogens (primary N) is 1. The number of ether oxygens (including phenoxy) is 1. The molecule has 5 heteroatoms. The van der Waals surface area contributed by atoms with Crippen LogP contribution in [0.4, 0.5) is 5.69 Å². The summed E-state index contributed by atoms with van der Waals surface area (Å²) in [5.74, 6) is -0.263. The lowest BCUT2D eigenvalue weighted by molar-refractivity contribution is -0.150. The Balaban J connectivity index is 2.22.